The highest BCUT2D eigenvalue weighted by atomic mass is 79.9. The maximum absolute atomic E-state index is 12.5. The zero-order valence-corrected chi connectivity index (χ0v) is 8.87. The number of nitrogens with two attached hydrogens (primary N) is 1. The topological polar surface area (TPSA) is 82.0 Å². The third-order valence-electron chi connectivity index (χ3n) is 1.71. The molecule has 1 heterocycles. The van der Waals surface area contributed by atoms with E-state index in [1.807, 2.05) is 0 Å². The second kappa shape index (κ2) is 4.58. The zero-order valence-electron chi connectivity index (χ0n) is 7.28. The van der Waals surface area contributed by atoms with Crippen LogP contribution in [0, 0.1) is 10.1 Å². The van der Waals surface area contributed by atoms with Crippen LogP contribution in [-0.4, -0.2) is 9.91 Å². The van der Waals surface area contributed by atoms with E-state index in [1.54, 1.807) is 0 Å². The number of nitro groups is 1. The number of rotatable bonds is 3. The predicted octanol–water partition coefficient (Wildman–Crippen LogP) is 2.15. The van der Waals surface area contributed by atoms with Gasteiger partial charge < -0.3 is 15.8 Å². The molecule has 0 atom stereocenters. The van der Waals surface area contributed by atoms with Crippen molar-refractivity contribution in [1.82, 2.24) is 4.98 Å². The molecule has 1 aromatic heterocycles. The van der Waals surface area contributed by atoms with Crippen LogP contribution in [0.2, 0.25) is 0 Å². The van der Waals surface area contributed by atoms with Crippen molar-refractivity contribution >= 4 is 21.7 Å². The van der Waals surface area contributed by atoms with E-state index in [-0.39, 0.29) is 16.7 Å². The molecular formula is C7H6BrF2N3O2. The first-order valence-corrected chi connectivity index (χ1v) is 4.58. The lowest BCUT2D eigenvalue weighted by Crippen LogP contribution is -2.06. The first-order chi connectivity index (χ1) is 6.97. The monoisotopic (exact) mass is 281 g/mol. The van der Waals surface area contributed by atoms with Crippen LogP contribution in [0.1, 0.15) is 17.6 Å². The molecular weight excluding hydrogens is 276 g/mol. The first-order valence-electron chi connectivity index (χ1n) is 3.79. The summed E-state index contributed by atoms with van der Waals surface area (Å²) in [5.74, 6) is -0.508. The fourth-order valence-corrected chi connectivity index (χ4v) is 1.66. The predicted molar refractivity (Wildman–Crippen MR) is 51.4 cm³/mol. The summed E-state index contributed by atoms with van der Waals surface area (Å²) in [4.78, 5) is 13.0. The molecule has 0 radical (unpaired) electrons. The van der Waals surface area contributed by atoms with Crippen LogP contribution in [0.25, 0.3) is 0 Å². The van der Waals surface area contributed by atoms with Gasteiger partial charge in [0.05, 0.1) is 5.56 Å². The van der Waals surface area contributed by atoms with E-state index in [9.17, 15) is 18.9 Å². The number of hydrogen-bond acceptors (Lipinski definition) is 4. The minimum Gasteiger partial charge on any atom is -0.358 e. The van der Waals surface area contributed by atoms with Crippen molar-refractivity contribution in [3.63, 3.8) is 0 Å². The fraction of sp³-hybridized carbons (Fsp3) is 0.286. The molecule has 0 aromatic carbocycles. The Bertz CT molecular complexity index is 400. The Labute approximate surface area is 91.6 Å². The average Bonchev–Trinajstić information content (AvgIpc) is 2.15. The molecule has 0 saturated carbocycles. The largest absolute Gasteiger partial charge is 0.365 e. The third-order valence-corrected chi connectivity index (χ3v) is 2.31. The SMILES string of the molecule is NCc1cc([N+](=O)[O-])nc(Br)c1C(F)F. The van der Waals surface area contributed by atoms with Crippen molar-refractivity contribution in [3.05, 3.63) is 31.9 Å². The molecule has 0 saturated heterocycles. The Morgan fingerprint density at radius 3 is 2.67 bits per heavy atom. The summed E-state index contributed by atoms with van der Waals surface area (Å²) in [6, 6.07) is 0.951. The summed E-state index contributed by atoms with van der Waals surface area (Å²) in [6.45, 7) is -0.207. The van der Waals surface area contributed by atoms with Gasteiger partial charge in [-0.3, -0.25) is 0 Å². The van der Waals surface area contributed by atoms with Gasteiger partial charge in [-0.25, -0.2) is 8.78 Å². The maximum Gasteiger partial charge on any atom is 0.365 e. The summed E-state index contributed by atoms with van der Waals surface area (Å²) in [5, 5.41) is 10.4. The quantitative estimate of drug-likeness (QED) is 0.523. The fourth-order valence-electron chi connectivity index (χ4n) is 1.05. The molecule has 0 aliphatic carbocycles. The number of aromatic nitrogens is 1. The van der Waals surface area contributed by atoms with Crippen LogP contribution in [0.5, 0.6) is 0 Å². The highest BCUT2D eigenvalue weighted by molar-refractivity contribution is 9.10. The molecule has 0 aliphatic rings. The molecule has 0 fully saturated rings. The van der Waals surface area contributed by atoms with E-state index in [1.165, 1.54) is 0 Å². The Morgan fingerprint density at radius 1 is 1.67 bits per heavy atom. The molecule has 8 heteroatoms. The van der Waals surface area contributed by atoms with Crippen LogP contribution in [0.4, 0.5) is 14.6 Å². The molecule has 15 heavy (non-hydrogen) atoms. The molecule has 0 amide bonds. The summed E-state index contributed by atoms with van der Waals surface area (Å²) < 4.78 is 24.8. The van der Waals surface area contributed by atoms with E-state index in [0.29, 0.717) is 0 Å². The molecule has 0 unspecified atom stereocenters. The van der Waals surface area contributed by atoms with E-state index in [2.05, 4.69) is 20.9 Å². The zero-order chi connectivity index (χ0) is 11.6. The highest BCUT2D eigenvalue weighted by Crippen LogP contribution is 2.31. The van der Waals surface area contributed by atoms with Gasteiger partial charge in [-0.15, -0.1) is 0 Å². The number of alkyl halides is 2. The van der Waals surface area contributed by atoms with Gasteiger partial charge in [0, 0.05) is 28.5 Å². The minimum absolute atomic E-state index is 0.0126. The minimum atomic E-state index is -2.77. The smallest absolute Gasteiger partial charge is 0.358 e. The molecule has 5 nitrogen and oxygen atoms in total. The van der Waals surface area contributed by atoms with Crippen LogP contribution in [-0.2, 0) is 6.54 Å². The number of nitrogens with zero attached hydrogens (tertiary/aromatic N) is 2. The summed E-state index contributed by atoms with van der Waals surface area (Å²) >= 11 is 2.76. The summed E-state index contributed by atoms with van der Waals surface area (Å²) in [5.41, 5.74) is 4.83. The van der Waals surface area contributed by atoms with Crippen LogP contribution >= 0.6 is 15.9 Å². The van der Waals surface area contributed by atoms with Crippen molar-refractivity contribution in [2.24, 2.45) is 5.73 Å². The average molecular weight is 282 g/mol. The number of pyridine rings is 1. The Hall–Kier alpha value is -1.15. The maximum atomic E-state index is 12.5. The van der Waals surface area contributed by atoms with E-state index in [4.69, 9.17) is 5.73 Å². The summed E-state index contributed by atoms with van der Waals surface area (Å²) in [7, 11) is 0. The lowest BCUT2D eigenvalue weighted by atomic mass is 10.1. The van der Waals surface area contributed by atoms with Gasteiger partial charge in [-0.1, -0.05) is 0 Å². The van der Waals surface area contributed by atoms with Crippen LogP contribution < -0.4 is 5.73 Å². The van der Waals surface area contributed by atoms with Gasteiger partial charge in [0.2, 0.25) is 4.60 Å². The molecule has 0 bridgehead atoms. The lowest BCUT2D eigenvalue weighted by Gasteiger charge is -2.05. The van der Waals surface area contributed by atoms with Crippen LogP contribution in [0.15, 0.2) is 10.7 Å². The Morgan fingerprint density at radius 2 is 2.27 bits per heavy atom. The number of hydrogen-bond donors (Lipinski definition) is 1. The van der Waals surface area contributed by atoms with Gasteiger partial charge in [0.25, 0.3) is 6.43 Å². The molecule has 0 spiro atoms. The second-order valence-corrected chi connectivity index (χ2v) is 3.36. The molecule has 1 aromatic rings. The first kappa shape index (κ1) is 11.9. The van der Waals surface area contributed by atoms with Gasteiger partial charge in [0.15, 0.2) is 0 Å². The van der Waals surface area contributed by atoms with Gasteiger partial charge in [0.1, 0.15) is 0 Å². The normalized spacial score (nSPS) is 10.7. The number of halogens is 3. The lowest BCUT2D eigenvalue weighted by molar-refractivity contribution is -0.389. The highest BCUT2D eigenvalue weighted by Gasteiger charge is 2.24. The van der Waals surface area contributed by atoms with Gasteiger partial charge in [-0.05, 0) is 15.5 Å². The van der Waals surface area contributed by atoms with Crippen molar-refractivity contribution < 1.29 is 13.7 Å². The van der Waals surface area contributed by atoms with Crippen LogP contribution in [0.3, 0.4) is 0 Å². The van der Waals surface area contributed by atoms with E-state index < -0.39 is 22.7 Å². The Balaban J connectivity index is 3.37. The Kier molecular flexibility index (Phi) is 3.64. The van der Waals surface area contributed by atoms with Gasteiger partial charge in [-0.2, -0.15) is 0 Å². The van der Waals surface area contributed by atoms with Crippen molar-refractivity contribution in [1.29, 1.82) is 0 Å². The van der Waals surface area contributed by atoms with E-state index in [0.717, 1.165) is 6.07 Å². The molecule has 2 N–H and O–H groups in total. The molecule has 82 valence electrons. The standard InChI is InChI=1S/C7H6BrF2N3O2/c8-6-5(7(9)10)3(2-11)1-4(12-6)13(14)15/h1,7H,2,11H2. The molecule has 1 rings (SSSR count). The summed E-state index contributed by atoms with van der Waals surface area (Å²) in [6.07, 6.45) is -2.77. The van der Waals surface area contributed by atoms with Gasteiger partial charge >= 0.3 is 5.82 Å². The van der Waals surface area contributed by atoms with Crippen molar-refractivity contribution in [2.45, 2.75) is 13.0 Å². The van der Waals surface area contributed by atoms with Crippen molar-refractivity contribution in [3.8, 4) is 0 Å². The van der Waals surface area contributed by atoms with Crippen molar-refractivity contribution in [2.75, 3.05) is 0 Å². The second-order valence-electron chi connectivity index (χ2n) is 2.61. The molecule has 0 aliphatic heterocycles. The third kappa shape index (κ3) is 2.45. The van der Waals surface area contributed by atoms with E-state index >= 15 is 0 Å².